The quantitative estimate of drug-likeness (QED) is 0.267. The van der Waals surface area contributed by atoms with Crippen molar-refractivity contribution in [3.63, 3.8) is 0 Å². The summed E-state index contributed by atoms with van der Waals surface area (Å²) in [7, 11) is 0. The zero-order valence-electron chi connectivity index (χ0n) is 22.3. The average molecular weight is 477 g/mol. The predicted octanol–water partition coefficient (Wildman–Crippen LogP) is 10.7. The van der Waals surface area contributed by atoms with Crippen LogP contribution in [-0.4, -0.2) is 6.67 Å². The molecule has 4 rings (SSSR count). The van der Waals surface area contributed by atoms with E-state index in [4.69, 9.17) is 0 Å². The van der Waals surface area contributed by atoms with Crippen molar-refractivity contribution in [2.24, 2.45) is 17.8 Å². The second-order valence-electron chi connectivity index (χ2n) is 11.7. The van der Waals surface area contributed by atoms with Gasteiger partial charge in [-0.2, -0.15) is 0 Å². The first-order valence-corrected chi connectivity index (χ1v) is 15.0. The molecule has 0 bridgehead atoms. The van der Waals surface area contributed by atoms with E-state index >= 15 is 0 Å². The molecule has 0 amide bonds. The van der Waals surface area contributed by atoms with Crippen LogP contribution in [0.2, 0.25) is 0 Å². The topological polar surface area (TPSA) is 0 Å². The van der Waals surface area contributed by atoms with Crippen molar-refractivity contribution in [2.75, 3.05) is 6.67 Å². The summed E-state index contributed by atoms with van der Waals surface area (Å²) in [5.74, 6) is 3.83. The number of hydrogen-bond donors (Lipinski definition) is 0. The molecule has 0 nitrogen and oxygen atoms in total. The van der Waals surface area contributed by atoms with E-state index in [1.807, 2.05) is 0 Å². The van der Waals surface area contributed by atoms with Gasteiger partial charge in [0.25, 0.3) is 0 Å². The number of aryl methyl sites for hydroxylation is 1. The summed E-state index contributed by atoms with van der Waals surface area (Å²) >= 11 is 0. The molecule has 2 aliphatic carbocycles. The van der Waals surface area contributed by atoms with Crippen LogP contribution in [0.15, 0.2) is 48.5 Å². The number of alkyl halides is 1. The van der Waals surface area contributed by atoms with Crippen LogP contribution in [-0.2, 0) is 6.42 Å². The maximum atomic E-state index is 12.2. The van der Waals surface area contributed by atoms with Crippen LogP contribution in [0.1, 0.15) is 120 Å². The minimum atomic E-state index is -0.163. The molecule has 2 saturated carbocycles. The highest BCUT2D eigenvalue weighted by Gasteiger charge is 2.31. The van der Waals surface area contributed by atoms with Crippen molar-refractivity contribution in [3.05, 3.63) is 59.7 Å². The zero-order valence-corrected chi connectivity index (χ0v) is 22.3. The Hall–Kier alpha value is -1.63. The second-order valence-corrected chi connectivity index (χ2v) is 11.7. The lowest BCUT2D eigenvalue weighted by Crippen LogP contribution is -2.25. The first-order valence-electron chi connectivity index (χ1n) is 15.0. The van der Waals surface area contributed by atoms with E-state index in [0.717, 1.165) is 49.4 Å². The van der Waals surface area contributed by atoms with E-state index < -0.39 is 0 Å². The van der Waals surface area contributed by atoms with Gasteiger partial charge in [-0.25, -0.2) is 0 Å². The van der Waals surface area contributed by atoms with Crippen LogP contribution in [0.25, 0.3) is 11.1 Å². The van der Waals surface area contributed by atoms with Crippen LogP contribution >= 0.6 is 0 Å². The lowest BCUT2D eigenvalue weighted by atomic mass is 9.68. The van der Waals surface area contributed by atoms with Gasteiger partial charge < -0.3 is 0 Å². The summed E-state index contributed by atoms with van der Waals surface area (Å²) in [6.45, 7) is 2.18. The fourth-order valence-corrected chi connectivity index (χ4v) is 7.05. The Labute approximate surface area is 215 Å². The molecule has 35 heavy (non-hydrogen) atoms. The summed E-state index contributed by atoms with van der Waals surface area (Å²) in [5.41, 5.74) is 5.64. The molecule has 1 heteroatoms. The number of rotatable bonds is 12. The van der Waals surface area contributed by atoms with Gasteiger partial charge in [-0.05, 0) is 104 Å². The molecule has 0 spiro atoms. The third-order valence-electron chi connectivity index (χ3n) is 9.30. The summed E-state index contributed by atoms with van der Waals surface area (Å²) in [5, 5.41) is 0. The van der Waals surface area contributed by atoms with Crippen molar-refractivity contribution in [1.82, 2.24) is 0 Å². The van der Waals surface area contributed by atoms with Gasteiger partial charge >= 0.3 is 0 Å². The largest absolute Gasteiger partial charge is 0.251 e. The molecule has 0 heterocycles. The van der Waals surface area contributed by atoms with Gasteiger partial charge in [0.1, 0.15) is 0 Å². The smallest absolute Gasteiger partial charge is 0.0894 e. The van der Waals surface area contributed by atoms with Crippen LogP contribution in [0.4, 0.5) is 4.39 Å². The standard InChI is InChI=1S/C34H49F/c1-2-8-27-10-14-29(15-11-27)31-18-22-33(23-19-31)34-24-20-32(21-25-34)30-16-12-28(13-17-30)9-6-4-3-5-7-26-35/h12-13,16-17,20-21,24-25,27,29,31,33H,2-11,14-15,18-19,22-23,26H2,1H3/t27-,29-,31?,33?. The average Bonchev–Trinajstić information content (AvgIpc) is 2.92. The number of hydrogen-bond acceptors (Lipinski definition) is 0. The Morgan fingerprint density at radius 1 is 0.629 bits per heavy atom. The normalized spacial score (nSPS) is 25.0. The summed E-state index contributed by atoms with van der Waals surface area (Å²) < 4.78 is 12.2. The van der Waals surface area contributed by atoms with Gasteiger partial charge in [0.15, 0.2) is 0 Å². The summed E-state index contributed by atoms with van der Waals surface area (Å²) in [6, 6.07) is 18.7. The number of halogens is 1. The van der Waals surface area contributed by atoms with Gasteiger partial charge in [-0.3, -0.25) is 4.39 Å². The molecule has 0 aromatic heterocycles. The van der Waals surface area contributed by atoms with E-state index in [-0.39, 0.29) is 6.67 Å². The van der Waals surface area contributed by atoms with E-state index in [2.05, 4.69) is 55.5 Å². The van der Waals surface area contributed by atoms with Crippen LogP contribution < -0.4 is 0 Å². The van der Waals surface area contributed by atoms with Gasteiger partial charge in [0.2, 0.25) is 0 Å². The first kappa shape index (κ1) is 26.4. The van der Waals surface area contributed by atoms with Crippen LogP contribution in [0.5, 0.6) is 0 Å². The molecular weight excluding hydrogens is 427 g/mol. The minimum Gasteiger partial charge on any atom is -0.251 e. The van der Waals surface area contributed by atoms with Crippen molar-refractivity contribution >= 4 is 0 Å². The van der Waals surface area contributed by atoms with Gasteiger partial charge in [0.05, 0.1) is 6.67 Å². The molecule has 0 aliphatic heterocycles. The van der Waals surface area contributed by atoms with Crippen molar-refractivity contribution in [1.29, 1.82) is 0 Å². The Balaban J connectivity index is 1.21. The molecule has 0 unspecified atom stereocenters. The molecular formula is C34H49F. The lowest BCUT2D eigenvalue weighted by Gasteiger charge is -2.38. The molecule has 0 N–H and O–H groups in total. The molecule has 0 radical (unpaired) electrons. The third-order valence-corrected chi connectivity index (χ3v) is 9.30. The summed E-state index contributed by atoms with van der Waals surface area (Å²) in [6.07, 6.45) is 21.0. The molecule has 2 fully saturated rings. The van der Waals surface area contributed by atoms with E-state index in [9.17, 15) is 4.39 Å². The monoisotopic (exact) mass is 476 g/mol. The van der Waals surface area contributed by atoms with Crippen LogP contribution in [0.3, 0.4) is 0 Å². The Kier molecular flexibility index (Phi) is 10.7. The maximum Gasteiger partial charge on any atom is 0.0894 e. The Bertz CT molecular complexity index is 820. The third kappa shape index (κ3) is 7.93. The Morgan fingerprint density at radius 2 is 1.17 bits per heavy atom. The lowest BCUT2D eigenvalue weighted by molar-refractivity contribution is 0.156. The minimum absolute atomic E-state index is 0.163. The molecule has 2 aliphatic rings. The highest BCUT2D eigenvalue weighted by atomic mass is 19.1. The SMILES string of the molecule is CCC[C@H]1CC[C@H](C2CCC(c3ccc(-c4ccc(CCCCCCCF)cc4)cc3)CC2)CC1. The summed E-state index contributed by atoms with van der Waals surface area (Å²) in [4.78, 5) is 0. The van der Waals surface area contributed by atoms with Gasteiger partial charge in [-0.1, -0.05) is 100 Å². The fourth-order valence-electron chi connectivity index (χ4n) is 7.05. The van der Waals surface area contributed by atoms with Crippen LogP contribution in [0, 0.1) is 17.8 Å². The molecule has 192 valence electrons. The van der Waals surface area contributed by atoms with Gasteiger partial charge in [-0.15, -0.1) is 0 Å². The van der Waals surface area contributed by atoms with Crippen molar-refractivity contribution < 1.29 is 4.39 Å². The highest BCUT2D eigenvalue weighted by molar-refractivity contribution is 5.64. The fraction of sp³-hybridized carbons (Fsp3) is 0.647. The number of benzene rings is 2. The Morgan fingerprint density at radius 3 is 1.77 bits per heavy atom. The first-order chi connectivity index (χ1) is 17.3. The van der Waals surface area contributed by atoms with E-state index in [1.54, 1.807) is 5.56 Å². The van der Waals surface area contributed by atoms with Crippen molar-refractivity contribution in [2.45, 2.75) is 116 Å². The second kappa shape index (κ2) is 14.2. The van der Waals surface area contributed by atoms with Crippen molar-refractivity contribution in [3.8, 4) is 11.1 Å². The molecule has 2 aromatic carbocycles. The zero-order chi connectivity index (χ0) is 24.3. The molecule has 2 aromatic rings. The highest BCUT2D eigenvalue weighted by Crippen LogP contribution is 2.44. The van der Waals surface area contributed by atoms with Gasteiger partial charge in [0, 0.05) is 0 Å². The van der Waals surface area contributed by atoms with E-state index in [0.29, 0.717) is 0 Å². The molecule has 0 atom stereocenters. The number of unbranched alkanes of at least 4 members (excludes halogenated alkanes) is 4. The maximum absolute atomic E-state index is 12.2. The van der Waals surface area contributed by atoms with E-state index in [1.165, 1.54) is 93.7 Å². The predicted molar refractivity (Wildman–Crippen MR) is 150 cm³/mol. The molecule has 0 saturated heterocycles.